The molecule has 1 heterocycles. The standard InChI is InChI=1S/C18H21NO6/c1-4-22-17-10-13(11-19-24-5-2)6-8-15(17)23-12-14-7-9-16(25-14)18(20)21-3/h6-11H,4-5,12H2,1-3H3. The number of benzene rings is 1. The molecule has 7 nitrogen and oxygen atoms in total. The molecule has 0 aliphatic rings. The van der Waals surface area contributed by atoms with E-state index in [1.165, 1.54) is 7.11 Å². The Bertz CT molecular complexity index is 722. The highest BCUT2D eigenvalue weighted by atomic mass is 16.6. The first-order valence-corrected chi connectivity index (χ1v) is 7.89. The van der Waals surface area contributed by atoms with Crippen LogP contribution in [0.4, 0.5) is 0 Å². The number of esters is 1. The fourth-order valence-corrected chi connectivity index (χ4v) is 1.98. The van der Waals surface area contributed by atoms with Crippen molar-refractivity contribution < 1.29 is 28.3 Å². The normalized spacial score (nSPS) is 10.7. The van der Waals surface area contributed by atoms with E-state index in [9.17, 15) is 4.79 Å². The largest absolute Gasteiger partial charge is 0.490 e. The van der Waals surface area contributed by atoms with Crippen molar-refractivity contribution >= 4 is 12.2 Å². The minimum Gasteiger partial charge on any atom is -0.490 e. The summed E-state index contributed by atoms with van der Waals surface area (Å²) in [5.41, 5.74) is 0.829. The van der Waals surface area contributed by atoms with Gasteiger partial charge in [-0.05, 0) is 44.2 Å². The Balaban J connectivity index is 2.07. The van der Waals surface area contributed by atoms with Crippen LogP contribution in [0, 0.1) is 0 Å². The minimum atomic E-state index is -0.529. The average Bonchev–Trinajstić information content (AvgIpc) is 3.10. The highest BCUT2D eigenvalue weighted by Gasteiger charge is 2.12. The van der Waals surface area contributed by atoms with Crippen molar-refractivity contribution in [2.24, 2.45) is 5.16 Å². The predicted octanol–water partition coefficient (Wildman–Crippen LogP) is 3.41. The zero-order valence-electron chi connectivity index (χ0n) is 14.5. The van der Waals surface area contributed by atoms with Crippen molar-refractivity contribution in [3.63, 3.8) is 0 Å². The first-order chi connectivity index (χ1) is 12.2. The van der Waals surface area contributed by atoms with Gasteiger partial charge < -0.3 is 23.5 Å². The summed E-state index contributed by atoms with van der Waals surface area (Å²) in [6.07, 6.45) is 1.60. The van der Waals surface area contributed by atoms with E-state index in [0.717, 1.165) is 5.56 Å². The molecule has 1 aromatic carbocycles. The van der Waals surface area contributed by atoms with Crippen LogP contribution in [-0.2, 0) is 16.2 Å². The summed E-state index contributed by atoms with van der Waals surface area (Å²) in [4.78, 5) is 16.3. The van der Waals surface area contributed by atoms with E-state index in [2.05, 4.69) is 9.89 Å². The van der Waals surface area contributed by atoms with Crippen molar-refractivity contribution in [2.75, 3.05) is 20.3 Å². The monoisotopic (exact) mass is 347 g/mol. The van der Waals surface area contributed by atoms with Crippen LogP contribution in [-0.4, -0.2) is 32.5 Å². The Morgan fingerprint density at radius 2 is 1.96 bits per heavy atom. The van der Waals surface area contributed by atoms with Crippen LogP contribution in [0.3, 0.4) is 0 Å². The van der Waals surface area contributed by atoms with Gasteiger partial charge in [-0.2, -0.15) is 0 Å². The van der Waals surface area contributed by atoms with Crippen LogP contribution in [0.1, 0.15) is 35.7 Å². The summed E-state index contributed by atoms with van der Waals surface area (Å²) in [6.45, 7) is 4.91. The summed E-state index contributed by atoms with van der Waals surface area (Å²) in [7, 11) is 1.30. The Morgan fingerprint density at radius 1 is 1.12 bits per heavy atom. The van der Waals surface area contributed by atoms with Crippen molar-refractivity contribution in [2.45, 2.75) is 20.5 Å². The molecule has 134 valence electrons. The van der Waals surface area contributed by atoms with Gasteiger partial charge in [-0.25, -0.2) is 4.79 Å². The van der Waals surface area contributed by atoms with E-state index in [-0.39, 0.29) is 12.4 Å². The van der Waals surface area contributed by atoms with Gasteiger partial charge in [0.1, 0.15) is 19.0 Å². The number of furan rings is 1. The Kier molecular flexibility index (Phi) is 6.88. The maximum atomic E-state index is 11.4. The SMILES string of the molecule is CCON=Cc1ccc(OCc2ccc(C(=O)OC)o2)c(OCC)c1. The van der Waals surface area contributed by atoms with E-state index in [1.807, 2.05) is 26.0 Å². The molecule has 0 bridgehead atoms. The van der Waals surface area contributed by atoms with E-state index < -0.39 is 5.97 Å². The fraction of sp³-hybridized carbons (Fsp3) is 0.333. The molecule has 0 unspecified atom stereocenters. The summed E-state index contributed by atoms with van der Waals surface area (Å²) in [5.74, 6) is 1.26. The zero-order valence-corrected chi connectivity index (χ0v) is 14.5. The molecule has 25 heavy (non-hydrogen) atoms. The third kappa shape index (κ3) is 5.27. The molecule has 0 radical (unpaired) electrons. The van der Waals surface area contributed by atoms with Crippen LogP contribution >= 0.6 is 0 Å². The number of carbonyl (C=O) groups excluding carboxylic acids is 1. The molecular formula is C18H21NO6. The van der Waals surface area contributed by atoms with Gasteiger partial charge >= 0.3 is 5.97 Å². The molecule has 0 N–H and O–H groups in total. The molecule has 1 aromatic heterocycles. The topological polar surface area (TPSA) is 79.5 Å². The molecule has 0 saturated heterocycles. The van der Waals surface area contributed by atoms with Gasteiger partial charge in [-0.1, -0.05) is 5.16 Å². The molecule has 0 spiro atoms. The third-order valence-corrected chi connectivity index (χ3v) is 3.09. The lowest BCUT2D eigenvalue weighted by Crippen LogP contribution is -2.01. The van der Waals surface area contributed by atoms with Gasteiger partial charge in [0.15, 0.2) is 11.5 Å². The van der Waals surface area contributed by atoms with Gasteiger partial charge in [0.25, 0.3) is 0 Å². The summed E-state index contributed by atoms with van der Waals surface area (Å²) in [5, 5.41) is 3.83. The lowest BCUT2D eigenvalue weighted by atomic mass is 10.2. The molecule has 2 aromatic rings. The van der Waals surface area contributed by atoms with Crippen LogP contribution in [0.5, 0.6) is 11.5 Å². The third-order valence-electron chi connectivity index (χ3n) is 3.09. The van der Waals surface area contributed by atoms with Gasteiger partial charge in [-0.15, -0.1) is 0 Å². The second kappa shape index (κ2) is 9.36. The molecule has 0 aliphatic heterocycles. The summed E-state index contributed by atoms with van der Waals surface area (Å²) < 4.78 is 21.3. The van der Waals surface area contributed by atoms with Crippen molar-refractivity contribution in [3.8, 4) is 11.5 Å². The van der Waals surface area contributed by atoms with Gasteiger partial charge in [-0.3, -0.25) is 0 Å². The van der Waals surface area contributed by atoms with E-state index in [0.29, 0.717) is 30.5 Å². The lowest BCUT2D eigenvalue weighted by Gasteiger charge is -2.11. The second-order valence-corrected chi connectivity index (χ2v) is 4.84. The van der Waals surface area contributed by atoms with Gasteiger partial charge in [0.2, 0.25) is 5.76 Å². The summed E-state index contributed by atoms with van der Waals surface area (Å²) >= 11 is 0. The molecule has 0 atom stereocenters. The Morgan fingerprint density at radius 3 is 2.68 bits per heavy atom. The highest BCUT2D eigenvalue weighted by molar-refractivity contribution is 5.86. The number of hydrogen-bond acceptors (Lipinski definition) is 7. The van der Waals surface area contributed by atoms with E-state index >= 15 is 0 Å². The van der Waals surface area contributed by atoms with Crippen molar-refractivity contribution in [1.29, 1.82) is 0 Å². The van der Waals surface area contributed by atoms with E-state index in [4.69, 9.17) is 18.7 Å². The number of hydrogen-bond donors (Lipinski definition) is 0. The highest BCUT2D eigenvalue weighted by Crippen LogP contribution is 2.29. The molecule has 2 rings (SSSR count). The molecule has 0 amide bonds. The zero-order chi connectivity index (χ0) is 18.1. The van der Waals surface area contributed by atoms with Gasteiger partial charge in [0, 0.05) is 5.56 Å². The van der Waals surface area contributed by atoms with Crippen LogP contribution in [0.2, 0.25) is 0 Å². The van der Waals surface area contributed by atoms with E-state index in [1.54, 1.807) is 24.4 Å². The predicted molar refractivity (Wildman–Crippen MR) is 91.2 cm³/mol. The maximum absolute atomic E-state index is 11.4. The minimum absolute atomic E-state index is 0.133. The van der Waals surface area contributed by atoms with Crippen molar-refractivity contribution in [1.82, 2.24) is 0 Å². The number of carbonyl (C=O) groups is 1. The maximum Gasteiger partial charge on any atom is 0.373 e. The van der Waals surface area contributed by atoms with Crippen LogP contribution < -0.4 is 9.47 Å². The molecular weight excluding hydrogens is 326 g/mol. The molecule has 0 aliphatic carbocycles. The molecule has 7 heteroatoms. The first-order valence-electron chi connectivity index (χ1n) is 7.89. The number of nitrogens with zero attached hydrogens (tertiary/aromatic N) is 1. The quantitative estimate of drug-likeness (QED) is 0.393. The number of rotatable bonds is 9. The molecule has 0 saturated carbocycles. The fourth-order valence-electron chi connectivity index (χ4n) is 1.98. The number of ether oxygens (including phenoxy) is 3. The average molecular weight is 347 g/mol. The van der Waals surface area contributed by atoms with Gasteiger partial charge in [0.05, 0.1) is 19.9 Å². The number of oxime groups is 1. The Hall–Kier alpha value is -2.96. The number of methoxy groups -OCH3 is 1. The smallest absolute Gasteiger partial charge is 0.373 e. The van der Waals surface area contributed by atoms with Crippen LogP contribution in [0.15, 0.2) is 39.9 Å². The van der Waals surface area contributed by atoms with Crippen LogP contribution in [0.25, 0.3) is 0 Å². The second-order valence-electron chi connectivity index (χ2n) is 4.84. The molecule has 0 fully saturated rings. The Labute approximate surface area is 146 Å². The first kappa shape index (κ1) is 18.4. The van der Waals surface area contributed by atoms with Crippen molar-refractivity contribution in [3.05, 3.63) is 47.4 Å². The summed E-state index contributed by atoms with van der Waals surface area (Å²) in [6, 6.07) is 8.63. The lowest BCUT2D eigenvalue weighted by molar-refractivity contribution is 0.0561.